The van der Waals surface area contributed by atoms with Crippen LogP contribution in [-0.2, 0) is 25.9 Å². The fourth-order valence-electron chi connectivity index (χ4n) is 1.92. The fraction of sp³-hybridized carbons (Fsp3) is 0.400. The first-order valence-electron chi connectivity index (χ1n) is 6.57. The third kappa shape index (κ3) is 8.26. The van der Waals surface area contributed by atoms with Crippen LogP contribution in [0.15, 0.2) is 36.4 Å². The molecule has 4 nitrogen and oxygen atoms in total. The Morgan fingerprint density at radius 1 is 1.10 bits per heavy atom. The van der Waals surface area contributed by atoms with Crippen molar-refractivity contribution >= 4 is 12.0 Å². The van der Waals surface area contributed by atoms with Crippen LogP contribution in [0.3, 0.4) is 0 Å². The van der Waals surface area contributed by atoms with Gasteiger partial charge in [0.25, 0.3) is 0 Å². The Morgan fingerprint density at radius 3 is 2.00 bits per heavy atom. The maximum atomic E-state index is 10.1. The molecule has 1 aromatic carbocycles. The Labute approximate surface area is 134 Å². The van der Waals surface area contributed by atoms with Crippen LogP contribution >= 0.6 is 0 Å². The Morgan fingerprint density at radius 2 is 1.60 bits per heavy atom. The Bertz CT molecular complexity index is 400. The van der Waals surface area contributed by atoms with E-state index >= 15 is 0 Å². The summed E-state index contributed by atoms with van der Waals surface area (Å²) in [5, 5.41) is 8.29. The molecule has 0 radical (unpaired) electrons. The molecule has 2 rings (SSSR count). The molecule has 1 aliphatic carbocycles. The first-order chi connectivity index (χ1) is 9.09. The standard InChI is InChI=1S/C9H8O2.C6H14N2.Pt/c10-9(11)7-6-8-4-2-1-3-5-8;7-5-3-1-2-4-6(5)8;/h1-7H,(H,10,11);5-6H,1-4,7-8H2;/q;;+4/b7-6+;;/t;5-,6-;/m.1./s1. The molecular weight excluding hydrogens is 435 g/mol. The van der Waals surface area contributed by atoms with Gasteiger partial charge in [-0.25, -0.2) is 4.79 Å². The number of benzene rings is 1. The number of nitrogens with two attached hydrogens (primary N) is 2. The van der Waals surface area contributed by atoms with Gasteiger partial charge in [-0.2, -0.15) is 0 Å². The van der Waals surface area contributed by atoms with Crippen molar-refractivity contribution in [2.24, 2.45) is 11.5 Å². The molecule has 20 heavy (non-hydrogen) atoms. The maximum Gasteiger partial charge on any atom is 4.00 e. The molecule has 1 saturated carbocycles. The van der Waals surface area contributed by atoms with Crippen molar-refractivity contribution in [2.75, 3.05) is 0 Å². The van der Waals surface area contributed by atoms with E-state index in [0.29, 0.717) is 0 Å². The van der Waals surface area contributed by atoms with Gasteiger partial charge in [0.2, 0.25) is 0 Å². The molecule has 0 bridgehead atoms. The van der Waals surface area contributed by atoms with E-state index in [4.69, 9.17) is 16.6 Å². The summed E-state index contributed by atoms with van der Waals surface area (Å²) in [5.74, 6) is -0.922. The van der Waals surface area contributed by atoms with Crippen molar-refractivity contribution in [3.05, 3.63) is 42.0 Å². The van der Waals surface area contributed by atoms with Crippen LogP contribution in [0.1, 0.15) is 31.2 Å². The molecule has 0 heterocycles. The number of carboxylic acids is 1. The van der Waals surface area contributed by atoms with Gasteiger partial charge >= 0.3 is 27.0 Å². The fourth-order valence-corrected chi connectivity index (χ4v) is 1.92. The summed E-state index contributed by atoms with van der Waals surface area (Å²) in [4.78, 5) is 10.1. The Kier molecular flexibility index (Phi) is 10.3. The van der Waals surface area contributed by atoms with Crippen LogP contribution in [-0.4, -0.2) is 23.2 Å². The molecule has 5 heteroatoms. The van der Waals surface area contributed by atoms with E-state index in [9.17, 15) is 4.79 Å². The van der Waals surface area contributed by atoms with Gasteiger partial charge in [0.1, 0.15) is 0 Å². The third-order valence-corrected chi connectivity index (χ3v) is 3.09. The van der Waals surface area contributed by atoms with Gasteiger partial charge in [0.05, 0.1) is 0 Å². The number of rotatable bonds is 2. The second-order valence-electron chi connectivity index (χ2n) is 4.69. The van der Waals surface area contributed by atoms with Crippen LogP contribution in [0.2, 0.25) is 0 Å². The zero-order valence-electron chi connectivity index (χ0n) is 11.4. The second kappa shape index (κ2) is 10.8. The van der Waals surface area contributed by atoms with E-state index < -0.39 is 5.97 Å². The summed E-state index contributed by atoms with van der Waals surface area (Å²) < 4.78 is 0. The molecule has 0 aromatic heterocycles. The zero-order valence-corrected chi connectivity index (χ0v) is 13.6. The smallest absolute Gasteiger partial charge is 0.478 e. The summed E-state index contributed by atoms with van der Waals surface area (Å²) in [5.41, 5.74) is 12.2. The summed E-state index contributed by atoms with van der Waals surface area (Å²) in [6.45, 7) is 0. The minimum absolute atomic E-state index is 0. The SMILES string of the molecule is N[C@@H]1CCCC[C@H]1N.O=C(O)/C=C/c1ccccc1.[Pt+4]. The zero-order chi connectivity index (χ0) is 14.1. The van der Waals surface area contributed by atoms with Gasteiger partial charge in [-0.15, -0.1) is 0 Å². The predicted molar refractivity (Wildman–Crippen MR) is 77.5 cm³/mol. The van der Waals surface area contributed by atoms with E-state index in [1.165, 1.54) is 12.8 Å². The van der Waals surface area contributed by atoms with Gasteiger partial charge in [-0.3, -0.25) is 0 Å². The summed E-state index contributed by atoms with van der Waals surface area (Å²) in [6.07, 6.45) is 7.48. The third-order valence-electron chi connectivity index (χ3n) is 3.09. The maximum absolute atomic E-state index is 10.1. The molecule has 5 N–H and O–H groups in total. The van der Waals surface area contributed by atoms with Crippen LogP contribution in [0.4, 0.5) is 0 Å². The number of aliphatic carboxylic acids is 1. The molecule has 0 saturated heterocycles. The summed E-state index contributed by atoms with van der Waals surface area (Å²) >= 11 is 0. The average molecular weight is 457 g/mol. The molecule has 1 fully saturated rings. The normalized spacial score (nSPS) is 21.5. The Balaban J connectivity index is 0.000000359. The molecule has 2 atom stereocenters. The van der Waals surface area contributed by atoms with Gasteiger partial charge in [0.15, 0.2) is 0 Å². The van der Waals surface area contributed by atoms with E-state index in [0.717, 1.165) is 24.5 Å². The first-order valence-corrected chi connectivity index (χ1v) is 6.57. The van der Waals surface area contributed by atoms with Crippen molar-refractivity contribution in [3.8, 4) is 0 Å². The largest absolute Gasteiger partial charge is 4.00 e. The van der Waals surface area contributed by atoms with Crippen LogP contribution in [0, 0.1) is 0 Å². The second-order valence-corrected chi connectivity index (χ2v) is 4.69. The van der Waals surface area contributed by atoms with Crippen molar-refractivity contribution in [3.63, 3.8) is 0 Å². The van der Waals surface area contributed by atoms with E-state index in [-0.39, 0.29) is 33.1 Å². The first kappa shape index (κ1) is 19.0. The molecule has 0 spiro atoms. The monoisotopic (exact) mass is 457 g/mol. The number of hydrogen-bond acceptors (Lipinski definition) is 3. The van der Waals surface area contributed by atoms with Crippen molar-refractivity contribution in [1.82, 2.24) is 0 Å². The van der Waals surface area contributed by atoms with Crippen LogP contribution in [0.5, 0.6) is 0 Å². The van der Waals surface area contributed by atoms with E-state index in [1.54, 1.807) is 6.08 Å². The van der Waals surface area contributed by atoms with Crippen molar-refractivity contribution < 1.29 is 31.0 Å². The van der Waals surface area contributed by atoms with E-state index in [2.05, 4.69) is 0 Å². The van der Waals surface area contributed by atoms with Gasteiger partial charge < -0.3 is 16.6 Å². The van der Waals surface area contributed by atoms with Crippen LogP contribution in [0.25, 0.3) is 6.08 Å². The molecule has 1 aliphatic rings. The number of hydrogen-bond donors (Lipinski definition) is 3. The molecule has 1 aromatic rings. The molecular formula is C15H22N2O2Pt+4. The molecule has 0 unspecified atom stereocenters. The molecule has 0 amide bonds. The minimum Gasteiger partial charge on any atom is -0.478 e. The molecule has 0 aliphatic heterocycles. The number of carbonyl (C=O) groups is 1. The average Bonchev–Trinajstić information content (AvgIpc) is 2.42. The predicted octanol–water partition coefficient (Wildman–Crippen LogP) is 2.00. The van der Waals surface area contributed by atoms with E-state index in [1.807, 2.05) is 30.3 Å². The van der Waals surface area contributed by atoms with Crippen LogP contribution < -0.4 is 11.5 Å². The van der Waals surface area contributed by atoms with Crippen molar-refractivity contribution in [2.45, 2.75) is 37.8 Å². The van der Waals surface area contributed by atoms with Crippen molar-refractivity contribution in [1.29, 1.82) is 0 Å². The summed E-state index contributed by atoms with van der Waals surface area (Å²) in [7, 11) is 0. The Hall–Kier alpha value is -0.962. The number of carboxylic acid groups (broad SMARTS) is 1. The van der Waals surface area contributed by atoms with Gasteiger partial charge in [-0.05, 0) is 24.5 Å². The quantitative estimate of drug-likeness (QED) is 0.593. The van der Waals surface area contributed by atoms with Gasteiger partial charge in [0, 0.05) is 18.2 Å². The molecule has 110 valence electrons. The summed E-state index contributed by atoms with van der Waals surface area (Å²) in [6, 6.07) is 9.87. The minimum atomic E-state index is -0.922. The topological polar surface area (TPSA) is 89.3 Å². The van der Waals surface area contributed by atoms with Gasteiger partial charge in [-0.1, -0.05) is 43.2 Å².